The third-order valence-corrected chi connectivity index (χ3v) is 5.35. The van der Waals surface area contributed by atoms with Gasteiger partial charge in [-0.25, -0.2) is 0 Å². The fraction of sp³-hybridized carbons (Fsp3) is 0.435. The number of rotatable bonds is 8. The number of oxime groups is 1. The molecule has 2 aromatic carbocycles. The van der Waals surface area contributed by atoms with Crippen LogP contribution in [0, 0.1) is 0 Å². The maximum atomic E-state index is 10.1. The molecule has 3 atom stereocenters. The van der Waals surface area contributed by atoms with Crippen LogP contribution in [-0.4, -0.2) is 44.0 Å². The number of ether oxygens (including phenoxy) is 3. The Morgan fingerprint density at radius 1 is 1.17 bits per heavy atom. The average Bonchev–Trinajstić information content (AvgIpc) is 2.74. The van der Waals surface area contributed by atoms with Crippen LogP contribution in [0.4, 0.5) is 0 Å². The van der Waals surface area contributed by atoms with Gasteiger partial charge in [0.2, 0.25) is 0 Å². The van der Waals surface area contributed by atoms with Crippen LogP contribution < -0.4 is 4.74 Å². The first-order valence-electron chi connectivity index (χ1n) is 9.91. The van der Waals surface area contributed by atoms with Crippen molar-refractivity contribution in [1.29, 1.82) is 0 Å². The molecule has 1 aliphatic rings. The molecule has 0 spiro atoms. The molecule has 1 fully saturated rings. The van der Waals surface area contributed by atoms with Crippen molar-refractivity contribution in [1.82, 2.24) is 0 Å². The van der Waals surface area contributed by atoms with Crippen LogP contribution >= 0.6 is 11.6 Å². The maximum absolute atomic E-state index is 10.1. The minimum atomic E-state index is -0.446. The Bertz CT molecular complexity index is 855. The third-order valence-electron chi connectivity index (χ3n) is 4.98. The van der Waals surface area contributed by atoms with Crippen LogP contribution in [0.1, 0.15) is 42.6 Å². The number of aliphatic hydroxyl groups excluding tert-OH is 1. The molecule has 2 aromatic rings. The minimum Gasteiger partial charge on any atom is -0.488 e. The van der Waals surface area contributed by atoms with Crippen molar-refractivity contribution >= 4 is 17.3 Å². The molecular weight excluding hydrogens is 406 g/mol. The van der Waals surface area contributed by atoms with Crippen LogP contribution in [0.2, 0.25) is 5.02 Å². The highest BCUT2D eigenvalue weighted by Crippen LogP contribution is 2.34. The Kier molecular flexibility index (Phi) is 8.10. The van der Waals surface area contributed by atoms with E-state index in [0.29, 0.717) is 30.9 Å². The summed E-state index contributed by atoms with van der Waals surface area (Å²) in [6, 6.07) is 13.8. The van der Waals surface area contributed by atoms with E-state index in [9.17, 15) is 5.11 Å². The first kappa shape index (κ1) is 22.6. The lowest BCUT2D eigenvalue weighted by atomic mass is 9.95. The number of nitrogens with zero attached hydrogens (tertiary/aromatic N) is 1. The van der Waals surface area contributed by atoms with Gasteiger partial charge in [-0.05, 0) is 48.2 Å². The van der Waals surface area contributed by atoms with E-state index in [2.05, 4.69) is 5.16 Å². The van der Waals surface area contributed by atoms with Gasteiger partial charge in [-0.1, -0.05) is 41.0 Å². The molecule has 1 N–H and O–H groups in total. The lowest BCUT2D eigenvalue weighted by Gasteiger charge is -2.32. The molecule has 6 nitrogen and oxygen atoms in total. The smallest absolute Gasteiger partial charge is 0.160 e. The number of aliphatic hydroxyl groups is 1. The summed E-state index contributed by atoms with van der Waals surface area (Å²) < 4.78 is 16.9. The molecule has 0 bridgehead atoms. The predicted octanol–water partition coefficient (Wildman–Crippen LogP) is 4.52. The third kappa shape index (κ3) is 6.19. The van der Waals surface area contributed by atoms with E-state index in [1.165, 1.54) is 7.11 Å². The molecule has 1 saturated heterocycles. The molecule has 0 saturated carbocycles. The van der Waals surface area contributed by atoms with E-state index in [0.717, 1.165) is 28.2 Å². The van der Waals surface area contributed by atoms with Gasteiger partial charge in [-0.15, -0.1) is 0 Å². The second kappa shape index (κ2) is 10.8. The highest BCUT2D eigenvalue weighted by Gasteiger charge is 2.29. The van der Waals surface area contributed by atoms with Crippen LogP contribution in [0.15, 0.2) is 47.6 Å². The molecule has 0 amide bonds. The summed E-state index contributed by atoms with van der Waals surface area (Å²) in [5.74, 6) is 0.763. The zero-order valence-electron chi connectivity index (χ0n) is 17.5. The molecule has 3 unspecified atom stereocenters. The Hall–Kier alpha value is -2.12. The lowest BCUT2D eigenvalue weighted by molar-refractivity contribution is -0.205. The van der Waals surface area contributed by atoms with Gasteiger partial charge >= 0.3 is 0 Å². The van der Waals surface area contributed by atoms with Gasteiger partial charge in [0.05, 0.1) is 17.9 Å². The van der Waals surface area contributed by atoms with Crippen molar-refractivity contribution < 1.29 is 24.2 Å². The van der Waals surface area contributed by atoms with Gasteiger partial charge < -0.3 is 24.2 Å². The Labute approximate surface area is 182 Å². The molecule has 7 heteroatoms. The monoisotopic (exact) mass is 433 g/mol. The van der Waals surface area contributed by atoms with E-state index >= 15 is 0 Å². The fourth-order valence-corrected chi connectivity index (χ4v) is 3.63. The molecule has 1 aliphatic heterocycles. The SMILES string of the molecule is CO/N=C(\C)COc1ccc(Cc2cc(C3CC(O)CC(OC)O3)ccc2Cl)cc1. The lowest BCUT2D eigenvalue weighted by Crippen LogP contribution is -2.32. The normalized spacial score (nSPS) is 22.0. The van der Waals surface area contributed by atoms with Crippen LogP contribution in [0.25, 0.3) is 0 Å². The highest BCUT2D eigenvalue weighted by molar-refractivity contribution is 6.31. The van der Waals surface area contributed by atoms with Gasteiger partial charge in [0.15, 0.2) is 6.29 Å². The topological polar surface area (TPSA) is 69.5 Å². The average molecular weight is 434 g/mol. The summed E-state index contributed by atoms with van der Waals surface area (Å²) in [6.07, 6.45) is 0.640. The zero-order valence-corrected chi connectivity index (χ0v) is 18.3. The predicted molar refractivity (Wildman–Crippen MR) is 116 cm³/mol. The molecule has 0 radical (unpaired) electrons. The van der Waals surface area contributed by atoms with E-state index < -0.39 is 12.4 Å². The summed E-state index contributed by atoms with van der Waals surface area (Å²) in [5.41, 5.74) is 3.87. The first-order chi connectivity index (χ1) is 14.5. The standard InChI is InChI=1S/C23H28ClNO5/c1-15(25-28-3)14-29-20-7-4-16(5-8-20)10-18-11-17(6-9-21(18)24)22-12-19(26)13-23(27-2)30-22/h4-9,11,19,22-23,26H,10,12-14H2,1-3H3/b25-15+. The van der Waals surface area contributed by atoms with Gasteiger partial charge in [0.1, 0.15) is 19.5 Å². The van der Waals surface area contributed by atoms with Crippen LogP contribution in [-0.2, 0) is 20.7 Å². The molecule has 1 heterocycles. The number of hydrogen-bond acceptors (Lipinski definition) is 6. The molecule has 0 aliphatic carbocycles. The molecule has 3 rings (SSSR count). The number of hydrogen-bond donors (Lipinski definition) is 1. The fourth-order valence-electron chi connectivity index (χ4n) is 3.45. The molecule has 162 valence electrons. The van der Waals surface area contributed by atoms with Crippen molar-refractivity contribution in [3.05, 3.63) is 64.2 Å². The maximum Gasteiger partial charge on any atom is 0.160 e. The number of benzene rings is 2. The van der Waals surface area contributed by atoms with Gasteiger partial charge in [-0.3, -0.25) is 0 Å². The summed E-state index contributed by atoms with van der Waals surface area (Å²) in [7, 11) is 3.10. The molecule has 30 heavy (non-hydrogen) atoms. The van der Waals surface area contributed by atoms with Gasteiger partial charge in [-0.2, -0.15) is 0 Å². The Balaban J connectivity index is 1.68. The minimum absolute atomic E-state index is 0.220. The van der Waals surface area contributed by atoms with Crippen molar-refractivity contribution in [2.45, 2.75) is 44.7 Å². The second-order valence-corrected chi connectivity index (χ2v) is 7.79. The van der Waals surface area contributed by atoms with Crippen LogP contribution in [0.3, 0.4) is 0 Å². The molecular formula is C23H28ClNO5. The van der Waals surface area contributed by atoms with Gasteiger partial charge in [0, 0.05) is 25.0 Å². The highest BCUT2D eigenvalue weighted by atomic mass is 35.5. The van der Waals surface area contributed by atoms with Crippen molar-refractivity contribution in [2.24, 2.45) is 5.16 Å². The largest absolute Gasteiger partial charge is 0.488 e. The summed E-state index contributed by atoms with van der Waals surface area (Å²) in [4.78, 5) is 4.73. The quantitative estimate of drug-likeness (QED) is 0.489. The first-order valence-corrected chi connectivity index (χ1v) is 10.3. The second-order valence-electron chi connectivity index (χ2n) is 7.38. The van der Waals surface area contributed by atoms with Gasteiger partial charge in [0.25, 0.3) is 0 Å². The van der Waals surface area contributed by atoms with E-state index in [1.54, 1.807) is 7.11 Å². The molecule has 0 aromatic heterocycles. The van der Waals surface area contributed by atoms with E-state index in [4.69, 9.17) is 30.6 Å². The van der Waals surface area contributed by atoms with Crippen molar-refractivity contribution in [3.63, 3.8) is 0 Å². The van der Waals surface area contributed by atoms with E-state index in [-0.39, 0.29) is 6.10 Å². The summed E-state index contributed by atoms with van der Waals surface area (Å²) >= 11 is 6.45. The Morgan fingerprint density at radius 3 is 2.63 bits per heavy atom. The number of halogens is 1. The van der Waals surface area contributed by atoms with Crippen molar-refractivity contribution in [3.8, 4) is 5.75 Å². The zero-order chi connectivity index (χ0) is 21.5. The Morgan fingerprint density at radius 2 is 1.93 bits per heavy atom. The van der Waals surface area contributed by atoms with Crippen LogP contribution in [0.5, 0.6) is 5.75 Å². The van der Waals surface area contributed by atoms with E-state index in [1.807, 2.05) is 49.4 Å². The van der Waals surface area contributed by atoms with Crippen molar-refractivity contribution in [2.75, 3.05) is 20.8 Å². The summed E-state index contributed by atoms with van der Waals surface area (Å²) in [5, 5.41) is 14.6. The summed E-state index contributed by atoms with van der Waals surface area (Å²) in [6.45, 7) is 2.22. The number of methoxy groups -OCH3 is 1.